The zero-order valence-corrected chi connectivity index (χ0v) is 27.6. The Kier molecular flexibility index (Phi) is 9.76. The Morgan fingerprint density at radius 3 is 2.26 bits per heavy atom. The lowest BCUT2D eigenvalue weighted by Crippen LogP contribution is -2.56. The zero-order chi connectivity index (χ0) is 32.2. The predicted molar refractivity (Wildman–Crippen MR) is 180 cm³/mol. The van der Waals surface area contributed by atoms with Crippen molar-refractivity contribution in [1.82, 2.24) is 34.6 Å². The van der Waals surface area contributed by atoms with E-state index in [2.05, 4.69) is 39.3 Å². The first-order valence-corrected chi connectivity index (χ1v) is 16.8. The van der Waals surface area contributed by atoms with Crippen LogP contribution in [0.15, 0.2) is 18.2 Å². The molecule has 1 aromatic carbocycles. The van der Waals surface area contributed by atoms with Crippen molar-refractivity contribution < 1.29 is 14.3 Å². The lowest BCUT2D eigenvalue weighted by Gasteiger charge is -2.37. The Balaban J connectivity index is 1.14. The van der Waals surface area contributed by atoms with Crippen LogP contribution in [0, 0.1) is 5.92 Å². The highest BCUT2D eigenvalue weighted by Crippen LogP contribution is 2.33. The number of amides is 2. The van der Waals surface area contributed by atoms with Crippen LogP contribution in [0.25, 0.3) is 11.2 Å². The van der Waals surface area contributed by atoms with Crippen molar-refractivity contribution in [1.29, 1.82) is 0 Å². The topological polar surface area (TPSA) is 135 Å². The summed E-state index contributed by atoms with van der Waals surface area (Å²) in [6, 6.07) is 6.38. The maximum Gasteiger partial charge on any atom is 0.312 e. The number of aromatic amines is 1. The molecule has 2 aliphatic heterocycles. The lowest BCUT2D eigenvalue weighted by atomic mass is 9.95. The van der Waals surface area contributed by atoms with Crippen LogP contribution in [-0.2, 0) is 16.0 Å². The van der Waals surface area contributed by atoms with Crippen molar-refractivity contribution in [2.45, 2.75) is 58.4 Å². The summed E-state index contributed by atoms with van der Waals surface area (Å²) in [5.41, 5.74) is 3.22. The molecule has 2 saturated heterocycles. The molecule has 0 atom stereocenters. The molecule has 1 saturated carbocycles. The summed E-state index contributed by atoms with van der Waals surface area (Å²) >= 11 is 0. The minimum Gasteiger partial charge on any atom is -0.494 e. The number of piperazine rings is 2. The van der Waals surface area contributed by atoms with E-state index >= 15 is 0 Å². The fourth-order valence-corrected chi connectivity index (χ4v) is 6.58. The number of ether oxygens (including phenoxy) is 1. The summed E-state index contributed by atoms with van der Waals surface area (Å²) in [6.07, 6.45) is 6.83. The van der Waals surface area contributed by atoms with Crippen LogP contribution in [-0.4, -0.2) is 119 Å². The maximum atomic E-state index is 13.0. The van der Waals surface area contributed by atoms with Gasteiger partial charge in [-0.15, -0.1) is 0 Å². The number of nitrogens with one attached hydrogen (secondary N) is 3. The molecule has 3 fully saturated rings. The molecule has 0 spiro atoms. The molecule has 13 nitrogen and oxygen atoms in total. The Labute approximate surface area is 271 Å². The van der Waals surface area contributed by atoms with Crippen LogP contribution in [0.4, 0.5) is 23.1 Å². The Bertz CT molecular complexity index is 1520. The van der Waals surface area contributed by atoms with E-state index in [0.29, 0.717) is 68.6 Å². The average Bonchev–Trinajstić information content (AvgIpc) is 3.47. The number of carbonyl (C=O) groups is 2. The molecular formula is C33H48N10O3. The van der Waals surface area contributed by atoms with Gasteiger partial charge in [0.2, 0.25) is 5.95 Å². The van der Waals surface area contributed by atoms with Gasteiger partial charge in [0.1, 0.15) is 17.1 Å². The number of H-pyrrole nitrogens is 1. The smallest absolute Gasteiger partial charge is 0.312 e. The molecule has 248 valence electrons. The molecule has 3 aliphatic rings. The number of nitrogens with zero attached hydrogens (tertiary/aromatic N) is 7. The lowest BCUT2D eigenvalue weighted by molar-refractivity contribution is -0.152. The van der Waals surface area contributed by atoms with Gasteiger partial charge < -0.3 is 40.0 Å². The highest BCUT2D eigenvalue weighted by atomic mass is 16.5. The second-order valence-electron chi connectivity index (χ2n) is 13.2. The van der Waals surface area contributed by atoms with Crippen molar-refractivity contribution in [3.8, 4) is 5.75 Å². The summed E-state index contributed by atoms with van der Waals surface area (Å²) in [7, 11) is 3.68. The molecule has 4 heterocycles. The Hall–Kier alpha value is -4.13. The van der Waals surface area contributed by atoms with Gasteiger partial charge in [-0.05, 0) is 37.9 Å². The normalized spacial score (nSPS) is 18.3. The van der Waals surface area contributed by atoms with Gasteiger partial charge >= 0.3 is 11.8 Å². The number of hydrogen-bond acceptors (Lipinski definition) is 10. The summed E-state index contributed by atoms with van der Waals surface area (Å²) in [5.74, 6) is 2.49. The second-order valence-corrected chi connectivity index (χ2v) is 13.2. The van der Waals surface area contributed by atoms with E-state index < -0.39 is 5.91 Å². The molecule has 3 aromatic rings. The number of rotatable bonds is 8. The van der Waals surface area contributed by atoms with Gasteiger partial charge in [-0.2, -0.15) is 9.97 Å². The molecule has 0 unspecified atom stereocenters. The van der Waals surface area contributed by atoms with E-state index in [-0.39, 0.29) is 5.91 Å². The van der Waals surface area contributed by atoms with Crippen molar-refractivity contribution in [2.75, 3.05) is 82.0 Å². The number of aromatic nitrogens is 4. The minimum atomic E-state index is -0.399. The summed E-state index contributed by atoms with van der Waals surface area (Å²) in [6.45, 7) is 9.39. The van der Waals surface area contributed by atoms with E-state index in [0.717, 1.165) is 60.9 Å². The summed E-state index contributed by atoms with van der Waals surface area (Å²) in [5, 5.41) is 7.07. The number of benzene rings is 1. The summed E-state index contributed by atoms with van der Waals surface area (Å²) < 4.78 is 5.80. The molecule has 13 heteroatoms. The monoisotopic (exact) mass is 632 g/mol. The zero-order valence-electron chi connectivity index (χ0n) is 27.6. The quantitative estimate of drug-likeness (QED) is 0.317. The van der Waals surface area contributed by atoms with Crippen LogP contribution < -0.4 is 20.3 Å². The van der Waals surface area contributed by atoms with Gasteiger partial charge in [-0.1, -0.05) is 33.1 Å². The van der Waals surface area contributed by atoms with E-state index in [1.165, 1.54) is 19.3 Å². The van der Waals surface area contributed by atoms with Gasteiger partial charge in [0.25, 0.3) is 0 Å². The van der Waals surface area contributed by atoms with E-state index in [1.54, 1.807) is 16.9 Å². The molecule has 3 N–H and O–H groups in total. The van der Waals surface area contributed by atoms with E-state index in [1.807, 2.05) is 25.2 Å². The van der Waals surface area contributed by atoms with Crippen molar-refractivity contribution in [3.63, 3.8) is 0 Å². The number of anilines is 4. The van der Waals surface area contributed by atoms with Crippen LogP contribution in [0.2, 0.25) is 0 Å². The van der Waals surface area contributed by atoms with Crippen molar-refractivity contribution in [3.05, 3.63) is 24.0 Å². The van der Waals surface area contributed by atoms with Gasteiger partial charge in [0.15, 0.2) is 11.5 Å². The SMILES string of the molecule is COc1cc(N2CCN(C(=O)C(=O)N3CCN(C)CC3)CC2)ccc1Nc1nc(NC2CCCCC2)c2[nH]c(CC(C)C)nc2n1. The molecule has 46 heavy (non-hydrogen) atoms. The van der Waals surface area contributed by atoms with Gasteiger partial charge in [0, 0.05) is 76.6 Å². The third-order valence-electron chi connectivity index (χ3n) is 9.28. The predicted octanol–water partition coefficient (Wildman–Crippen LogP) is 3.47. The van der Waals surface area contributed by atoms with Crippen LogP contribution in [0.3, 0.4) is 0 Å². The van der Waals surface area contributed by atoms with Crippen molar-refractivity contribution in [2.24, 2.45) is 5.92 Å². The van der Waals surface area contributed by atoms with Gasteiger partial charge in [0.05, 0.1) is 12.8 Å². The molecule has 2 amide bonds. The fourth-order valence-electron chi connectivity index (χ4n) is 6.58. The number of likely N-dealkylation sites (N-methyl/N-ethyl adjacent to an activating group) is 1. The number of methoxy groups -OCH3 is 1. The van der Waals surface area contributed by atoms with Gasteiger partial charge in [-0.3, -0.25) is 9.59 Å². The third kappa shape index (κ3) is 7.30. The first kappa shape index (κ1) is 31.8. The Morgan fingerprint density at radius 1 is 0.935 bits per heavy atom. The largest absolute Gasteiger partial charge is 0.494 e. The Morgan fingerprint density at radius 2 is 1.61 bits per heavy atom. The molecule has 6 rings (SSSR count). The summed E-state index contributed by atoms with van der Waals surface area (Å²) in [4.78, 5) is 51.5. The fraction of sp³-hybridized carbons (Fsp3) is 0.606. The van der Waals surface area contributed by atoms with Crippen LogP contribution >= 0.6 is 0 Å². The number of carbonyl (C=O) groups excluding carboxylic acids is 2. The van der Waals surface area contributed by atoms with Gasteiger partial charge in [-0.25, -0.2) is 4.98 Å². The molecule has 1 aliphatic carbocycles. The van der Waals surface area contributed by atoms with Crippen molar-refractivity contribution >= 4 is 46.1 Å². The van der Waals surface area contributed by atoms with Crippen LogP contribution in [0.5, 0.6) is 5.75 Å². The molecular weight excluding hydrogens is 584 g/mol. The number of hydrogen-bond donors (Lipinski definition) is 3. The molecule has 0 radical (unpaired) electrons. The number of imidazole rings is 1. The second kappa shape index (κ2) is 14.1. The average molecular weight is 633 g/mol. The van der Waals surface area contributed by atoms with E-state index in [4.69, 9.17) is 19.7 Å². The number of fused-ring (bicyclic) bond motifs is 1. The van der Waals surface area contributed by atoms with Crippen LogP contribution in [0.1, 0.15) is 51.8 Å². The highest BCUT2D eigenvalue weighted by Gasteiger charge is 2.31. The highest BCUT2D eigenvalue weighted by molar-refractivity contribution is 6.35. The molecule has 2 aromatic heterocycles. The third-order valence-corrected chi connectivity index (χ3v) is 9.28. The molecule has 0 bridgehead atoms. The minimum absolute atomic E-state index is 0.381. The first-order valence-electron chi connectivity index (χ1n) is 16.8. The maximum absolute atomic E-state index is 13.0. The van der Waals surface area contributed by atoms with E-state index in [9.17, 15) is 9.59 Å². The first-order chi connectivity index (χ1) is 22.3. The standard InChI is InChI=1S/C33H48N10O3/c1-22(2)20-27-36-28-29(34-23-8-6-5-7-9-23)38-33(39-30(28)37-27)35-25-11-10-24(21-26(25)46-4)41-16-18-43(19-17-41)32(45)31(44)42-14-12-40(3)13-15-42/h10-11,21-23H,5-9,12-20H2,1-4H3,(H3,34,35,36,37,38,39).